The molecule has 1 saturated carbocycles. The van der Waals surface area contributed by atoms with Gasteiger partial charge in [0.15, 0.2) is 0 Å². The van der Waals surface area contributed by atoms with E-state index in [-0.39, 0.29) is 5.91 Å². The van der Waals surface area contributed by atoms with Crippen LogP contribution in [0.3, 0.4) is 0 Å². The lowest BCUT2D eigenvalue weighted by atomic mass is 10.1. The Labute approximate surface area is 187 Å². The van der Waals surface area contributed by atoms with Crippen LogP contribution in [0.5, 0.6) is 0 Å². The Morgan fingerprint density at radius 1 is 1.00 bits per heavy atom. The Kier molecular flexibility index (Phi) is 7.60. The molecule has 0 aromatic heterocycles. The molecule has 0 saturated heterocycles. The van der Waals surface area contributed by atoms with Crippen molar-refractivity contribution in [1.82, 2.24) is 10.6 Å². The van der Waals surface area contributed by atoms with Crippen LogP contribution < -0.4 is 27.4 Å². The number of hydrogen-bond acceptors (Lipinski definition) is 5. The fourth-order valence-electron chi connectivity index (χ4n) is 2.90. The minimum absolute atomic E-state index is 0.0667. The lowest BCUT2D eigenvalue weighted by Crippen LogP contribution is -2.53. The van der Waals surface area contributed by atoms with Gasteiger partial charge in [-0.25, -0.2) is 0 Å². The molecule has 2 aromatic carbocycles. The van der Waals surface area contributed by atoms with Crippen LogP contribution in [0.25, 0.3) is 0 Å². The number of nitrogens with one attached hydrogen (secondary N) is 3. The summed E-state index contributed by atoms with van der Waals surface area (Å²) in [5.74, 6) is 4.89. The van der Waals surface area contributed by atoms with E-state index in [1.54, 1.807) is 43.3 Å². The molecule has 8 heteroatoms. The molecule has 0 bridgehead atoms. The maximum Gasteiger partial charge on any atom is 0.251 e. The molecular formula is C24H27N5O3. The zero-order valence-electron chi connectivity index (χ0n) is 17.9. The van der Waals surface area contributed by atoms with Crippen LogP contribution in [0.1, 0.15) is 41.3 Å². The molecular weight excluding hydrogens is 406 g/mol. The molecule has 32 heavy (non-hydrogen) atoms. The zero-order chi connectivity index (χ0) is 23.1. The number of nitrogens with two attached hydrogens (primary N) is 2. The van der Waals surface area contributed by atoms with Crippen LogP contribution in [-0.4, -0.2) is 42.4 Å². The van der Waals surface area contributed by atoms with Gasteiger partial charge in [-0.15, -0.1) is 0 Å². The molecule has 2 aromatic rings. The summed E-state index contributed by atoms with van der Waals surface area (Å²) in [4.78, 5) is 35.6. The minimum atomic E-state index is -0.941. The van der Waals surface area contributed by atoms with Gasteiger partial charge in [-0.3, -0.25) is 14.4 Å². The summed E-state index contributed by atoms with van der Waals surface area (Å²) in [5.41, 5.74) is 13.6. The van der Waals surface area contributed by atoms with E-state index < -0.39 is 23.9 Å². The standard InChI is InChI=1S/C24H27N5O3/c1-15(25)22(23(26)31)29-24(32)18-8-4-16(5-9-18)2-3-17-6-10-20(11-7-17)28-21(30)14-27-19-12-13-19/h4-11,15,19,22,27H,12-14,25H2,1H3,(H2,26,31)(H,28,30)(H,29,32). The van der Waals surface area contributed by atoms with Crippen molar-refractivity contribution < 1.29 is 14.4 Å². The van der Waals surface area contributed by atoms with E-state index in [1.807, 2.05) is 12.1 Å². The van der Waals surface area contributed by atoms with Crippen molar-refractivity contribution in [2.45, 2.75) is 37.9 Å². The van der Waals surface area contributed by atoms with Crippen molar-refractivity contribution in [1.29, 1.82) is 0 Å². The van der Waals surface area contributed by atoms with Crippen molar-refractivity contribution >= 4 is 23.4 Å². The van der Waals surface area contributed by atoms with E-state index >= 15 is 0 Å². The Hall–Kier alpha value is -3.67. The highest BCUT2D eigenvalue weighted by atomic mass is 16.2. The average molecular weight is 434 g/mol. The van der Waals surface area contributed by atoms with Gasteiger partial charge in [-0.05, 0) is 68.3 Å². The summed E-state index contributed by atoms with van der Waals surface area (Å²) in [7, 11) is 0. The van der Waals surface area contributed by atoms with Gasteiger partial charge in [0, 0.05) is 34.5 Å². The molecule has 2 atom stereocenters. The molecule has 3 amide bonds. The summed E-state index contributed by atoms with van der Waals surface area (Å²) >= 11 is 0. The number of carbonyl (C=O) groups excluding carboxylic acids is 3. The van der Waals surface area contributed by atoms with Crippen LogP contribution >= 0.6 is 0 Å². The number of carbonyl (C=O) groups is 3. The third-order valence-electron chi connectivity index (χ3n) is 4.91. The van der Waals surface area contributed by atoms with Crippen molar-refractivity contribution in [2.75, 3.05) is 11.9 Å². The average Bonchev–Trinajstić information content (AvgIpc) is 3.60. The molecule has 8 nitrogen and oxygen atoms in total. The summed E-state index contributed by atoms with van der Waals surface area (Å²) in [6.07, 6.45) is 2.28. The van der Waals surface area contributed by atoms with Crippen molar-refractivity contribution in [3.8, 4) is 11.8 Å². The smallest absolute Gasteiger partial charge is 0.251 e. The fraction of sp³-hybridized carbons (Fsp3) is 0.292. The van der Waals surface area contributed by atoms with Crippen LogP contribution in [0, 0.1) is 11.8 Å². The normalized spacial score (nSPS) is 14.4. The quantitative estimate of drug-likeness (QED) is 0.390. The van der Waals surface area contributed by atoms with E-state index in [0.717, 1.165) is 29.7 Å². The molecule has 2 unspecified atom stereocenters. The third-order valence-corrected chi connectivity index (χ3v) is 4.91. The lowest BCUT2D eigenvalue weighted by Gasteiger charge is -2.18. The largest absolute Gasteiger partial charge is 0.368 e. The fourth-order valence-corrected chi connectivity index (χ4v) is 2.90. The number of primary amides is 1. The molecule has 1 fully saturated rings. The van der Waals surface area contributed by atoms with Crippen molar-refractivity contribution in [2.24, 2.45) is 11.5 Å². The number of amides is 3. The Balaban J connectivity index is 1.55. The Morgan fingerprint density at radius 2 is 1.56 bits per heavy atom. The van der Waals surface area contributed by atoms with Gasteiger partial charge in [0.05, 0.1) is 6.54 Å². The molecule has 3 rings (SSSR count). The van der Waals surface area contributed by atoms with Gasteiger partial charge in [0.25, 0.3) is 5.91 Å². The van der Waals surface area contributed by atoms with E-state index in [2.05, 4.69) is 27.8 Å². The summed E-state index contributed by atoms with van der Waals surface area (Å²) in [6.45, 7) is 1.91. The van der Waals surface area contributed by atoms with Gasteiger partial charge in [-0.2, -0.15) is 0 Å². The van der Waals surface area contributed by atoms with E-state index in [9.17, 15) is 14.4 Å². The van der Waals surface area contributed by atoms with Crippen LogP contribution in [-0.2, 0) is 9.59 Å². The molecule has 0 radical (unpaired) electrons. The van der Waals surface area contributed by atoms with Gasteiger partial charge in [0.2, 0.25) is 11.8 Å². The Morgan fingerprint density at radius 3 is 2.06 bits per heavy atom. The zero-order valence-corrected chi connectivity index (χ0v) is 17.9. The third kappa shape index (κ3) is 6.94. The highest BCUT2D eigenvalue weighted by Gasteiger charge is 2.22. The predicted molar refractivity (Wildman–Crippen MR) is 123 cm³/mol. The first-order valence-electron chi connectivity index (χ1n) is 10.4. The summed E-state index contributed by atoms with van der Waals surface area (Å²) in [6, 6.07) is 12.9. The number of benzene rings is 2. The second kappa shape index (κ2) is 10.6. The van der Waals surface area contributed by atoms with Gasteiger partial charge in [-0.1, -0.05) is 11.8 Å². The minimum Gasteiger partial charge on any atom is -0.368 e. The number of anilines is 1. The molecule has 0 heterocycles. The molecule has 0 aliphatic heterocycles. The second-order valence-corrected chi connectivity index (χ2v) is 7.82. The number of rotatable bonds is 8. The van der Waals surface area contributed by atoms with E-state index in [0.29, 0.717) is 18.2 Å². The molecule has 166 valence electrons. The molecule has 7 N–H and O–H groups in total. The van der Waals surface area contributed by atoms with E-state index in [4.69, 9.17) is 11.5 Å². The predicted octanol–water partition coefficient (Wildman–Crippen LogP) is 0.708. The van der Waals surface area contributed by atoms with Crippen molar-refractivity contribution in [3.05, 3.63) is 65.2 Å². The van der Waals surface area contributed by atoms with E-state index in [1.165, 1.54) is 0 Å². The highest BCUT2D eigenvalue weighted by Crippen LogP contribution is 2.18. The highest BCUT2D eigenvalue weighted by molar-refractivity contribution is 5.97. The lowest BCUT2D eigenvalue weighted by molar-refractivity contribution is -0.120. The van der Waals surface area contributed by atoms with Crippen LogP contribution in [0.2, 0.25) is 0 Å². The van der Waals surface area contributed by atoms with Gasteiger partial charge < -0.3 is 27.4 Å². The van der Waals surface area contributed by atoms with Crippen LogP contribution in [0.4, 0.5) is 5.69 Å². The second-order valence-electron chi connectivity index (χ2n) is 7.82. The molecule has 1 aliphatic carbocycles. The summed E-state index contributed by atoms with van der Waals surface area (Å²) < 4.78 is 0. The maximum atomic E-state index is 12.3. The van der Waals surface area contributed by atoms with Gasteiger partial charge >= 0.3 is 0 Å². The first kappa shape index (κ1) is 23.0. The molecule has 1 aliphatic rings. The monoisotopic (exact) mass is 433 g/mol. The maximum absolute atomic E-state index is 12.3. The SMILES string of the molecule is CC(N)C(NC(=O)c1ccc(C#Cc2ccc(NC(=O)CNC3CC3)cc2)cc1)C(N)=O. The first-order chi connectivity index (χ1) is 15.3. The Bertz CT molecular complexity index is 1030. The topological polar surface area (TPSA) is 139 Å². The molecule has 0 spiro atoms. The summed E-state index contributed by atoms with van der Waals surface area (Å²) in [5, 5.41) is 8.55. The van der Waals surface area contributed by atoms with Gasteiger partial charge in [0.1, 0.15) is 6.04 Å². The van der Waals surface area contributed by atoms with Crippen molar-refractivity contribution in [3.63, 3.8) is 0 Å². The number of hydrogen-bond donors (Lipinski definition) is 5. The van der Waals surface area contributed by atoms with Crippen LogP contribution in [0.15, 0.2) is 48.5 Å². The first-order valence-corrected chi connectivity index (χ1v) is 10.4.